The highest BCUT2D eigenvalue weighted by Gasteiger charge is 2.24. The first-order valence-electron chi connectivity index (χ1n) is 22.6. The largest absolute Gasteiger partial charge is 0.354 e. The molecule has 0 radical (unpaired) electrons. The van der Waals surface area contributed by atoms with Gasteiger partial charge in [-0.25, -0.2) is 9.97 Å². The first-order valence-corrected chi connectivity index (χ1v) is 22.6. The van der Waals surface area contributed by atoms with Crippen molar-refractivity contribution < 1.29 is 0 Å². The van der Waals surface area contributed by atoms with E-state index in [2.05, 4.69) is 193 Å². The van der Waals surface area contributed by atoms with Crippen LogP contribution in [-0.4, -0.2) is 15.7 Å². The smallest absolute Gasteiger partial charge is 0.160 e. The summed E-state index contributed by atoms with van der Waals surface area (Å²) in [7, 11) is 0. The summed E-state index contributed by atoms with van der Waals surface area (Å²) >= 11 is 0. The van der Waals surface area contributed by atoms with E-state index in [-0.39, 0.29) is 0 Å². The van der Waals surface area contributed by atoms with Gasteiger partial charge in [0.2, 0.25) is 0 Å². The molecule has 0 saturated heterocycles. The van der Waals surface area contributed by atoms with Gasteiger partial charge in [0.05, 0.1) is 22.8 Å². The lowest BCUT2D eigenvalue weighted by Crippen LogP contribution is -2.20. The molecule has 1 aliphatic heterocycles. The molecule has 10 aromatic rings. The number of hydrogen-bond acceptors (Lipinski definition) is 4. The minimum Gasteiger partial charge on any atom is -0.354 e. The van der Waals surface area contributed by atoms with Gasteiger partial charge in [-0.1, -0.05) is 218 Å². The van der Waals surface area contributed by atoms with Crippen molar-refractivity contribution in [1.82, 2.24) is 15.3 Å². The van der Waals surface area contributed by atoms with E-state index >= 15 is 0 Å². The highest BCUT2D eigenvalue weighted by molar-refractivity contribution is 6.36. The molecule has 316 valence electrons. The summed E-state index contributed by atoms with van der Waals surface area (Å²) in [6.45, 7) is 0. The average molecular weight is 857 g/mol. The molecule has 0 saturated carbocycles. The highest BCUT2D eigenvalue weighted by atomic mass is 14.9. The molecule has 0 spiro atoms. The van der Waals surface area contributed by atoms with Crippen molar-refractivity contribution in [3.63, 3.8) is 0 Å². The Morgan fingerprint density at radius 2 is 0.761 bits per heavy atom. The number of rotatable bonds is 10. The van der Waals surface area contributed by atoms with Gasteiger partial charge in [-0.3, -0.25) is 5.41 Å². The number of aromatic nitrogens is 2. The van der Waals surface area contributed by atoms with Crippen LogP contribution in [0.2, 0.25) is 0 Å². The van der Waals surface area contributed by atoms with E-state index < -0.39 is 0 Å². The molecule has 9 aromatic carbocycles. The first-order chi connectivity index (χ1) is 33.1. The molecule has 11 rings (SSSR count). The van der Waals surface area contributed by atoms with Crippen LogP contribution >= 0.6 is 0 Å². The summed E-state index contributed by atoms with van der Waals surface area (Å²) in [6.07, 6.45) is 2.23. The Hall–Kier alpha value is -8.99. The Bertz CT molecular complexity index is 3370. The Labute approximate surface area is 391 Å². The number of fused-ring (bicyclic) bond motifs is 1. The average Bonchev–Trinajstić information content (AvgIpc) is 3.42. The zero-order valence-corrected chi connectivity index (χ0v) is 36.6. The van der Waals surface area contributed by atoms with Crippen LogP contribution in [0.1, 0.15) is 27.8 Å². The molecule has 2 heterocycles. The fourth-order valence-corrected chi connectivity index (χ4v) is 8.91. The van der Waals surface area contributed by atoms with Gasteiger partial charge in [-0.05, 0) is 86.5 Å². The van der Waals surface area contributed by atoms with Crippen LogP contribution in [0.5, 0.6) is 0 Å². The SMILES string of the molecule is N=C(/C(=C1\NC(c2ccccc2)=Cc2cc(-c3cccc(-c4cc(-c5cccc(-c6ccccc6)c5)nc(-c5cccc(-c6ccccc6)c5)n4)c3)ccc21)c1ccccc1)c1ccccc1. The molecule has 67 heavy (non-hydrogen) atoms. The maximum absolute atomic E-state index is 9.67. The van der Waals surface area contributed by atoms with Crippen LogP contribution in [0.15, 0.2) is 249 Å². The molecule has 2 N–H and O–H groups in total. The third-order valence-corrected chi connectivity index (χ3v) is 12.3. The molecule has 4 heteroatoms. The monoisotopic (exact) mass is 856 g/mol. The van der Waals surface area contributed by atoms with Crippen LogP contribution in [0.25, 0.3) is 90.3 Å². The first kappa shape index (κ1) is 40.8. The minimum atomic E-state index is 0.452. The zero-order valence-electron chi connectivity index (χ0n) is 36.6. The Balaban J connectivity index is 1.04. The van der Waals surface area contributed by atoms with E-state index in [1.165, 1.54) is 0 Å². The predicted octanol–water partition coefficient (Wildman–Crippen LogP) is 15.5. The summed E-state index contributed by atoms with van der Waals surface area (Å²) in [5.74, 6) is 0.662. The van der Waals surface area contributed by atoms with Gasteiger partial charge in [-0.15, -0.1) is 0 Å². The highest BCUT2D eigenvalue weighted by Crippen LogP contribution is 2.39. The molecule has 0 atom stereocenters. The van der Waals surface area contributed by atoms with Gasteiger partial charge in [0, 0.05) is 39.1 Å². The van der Waals surface area contributed by atoms with Gasteiger partial charge in [0.25, 0.3) is 0 Å². The van der Waals surface area contributed by atoms with E-state index in [9.17, 15) is 5.41 Å². The molecule has 0 aliphatic carbocycles. The van der Waals surface area contributed by atoms with Crippen molar-refractivity contribution in [2.24, 2.45) is 0 Å². The second-order valence-corrected chi connectivity index (χ2v) is 16.6. The molecule has 0 bridgehead atoms. The topological polar surface area (TPSA) is 61.7 Å². The second-order valence-electron chi connectivity index (χ2n) is 16.6. The zero-order chi connectivity index (χ0) is 44.9. The van der Waals surface area contributed by atoms with Gasteiger partial charge in [0.15, 0.2) is 5.82 Å². The third kappa shape index (κ3) is 8.55. The second kappa shape index (κ2) is 18.2. The van der Waals surface area contributed by atoms with Crippen LogP contribution in [0.3, 0.4) is 0 Å². The molecule has 0 fully saturated rings. The summed E-state index contributed by atoms with van der Waals surface area (Å²) in [6, 6.07) is 86.1. The molecular weight excluding hydrogens is 813 g/mol. The van der Waals surface area contributed by atoms with Crippen LogP contribution in [0.4, 0.5) is 0 Å². The van der Waals surface area contributed by atoms with Crippen LogP contribution < -0.4 is 5.32 Å². The van der Waals surface area contributed by atoms with E-state index in [0.29, 0.717) is 11.5 Å². The van der Waals surface area contributed by atoms with Crippen LogP contribution in [0, 0.1) is 5.41 Å². The van der Waals surface area contributed by atoms with Gasteiger partial charge < -0.3 is 5.32 Å². The lowest BCUT2D eigenvalue weighted by Gasteiger charge is -2.26. The van der Waals surface area contributed by atoms with Crippen LogP contribution in [-0.2, 0) is 0 Å². The summed E-state index contributed by atoms with van der Waals surface area (Å²) in [5, 5.41) is 13.5. The van der Waals surface area contributed by atoms with E-state index in [0.717, 1.165) is 106 Å². The van der Waals surface area contributed by atoms with Crippen molar-refractivity contribution in [2.45, 2.75) is 0 Å². The summed E-state index contributed by atoms with van der Waals surface area (Å²) in [5.41, 5.74) is 19.5. The van der Waals surface area contributed by atoms with Gasteiger partial charge >= 0.3 is 0 Å². The van der Waals surface area contributed by atoms with Crippen molar-refractivity contribution >= 4 is 28.8 Å². The summed E-state index contributed by atoms with van der Waals surface area (Å²) < 4.78 is 0. The Morgan fingerprint density at radius 3 is 1.31 bits per heavy atom. The Kier molecular flexibility index (Phi) is 11.1. The predicted molar refractivity (Wildman–Crippen MR) is 279 cm³/mol. The number of nitrogens with one attached hydrogen (secondary N) is 2. The normalized spacial score (nSPS) is 12.6. The minimum absolute atomic E-state index is 0.452. The molecule has 0 amide bonds. The van der Waals surface area contributed by atoms with Crippen molar-refractivity contribution in [2.75, 3.05) is 0 Å². The molecule has 1 aromatic heterocycles. The lowest BCUT2D eigenvalue weighted by atomic mass is 9.86. The standard InChI is InChI=1S/C63H44N4/c64-61(47-27-14-5-15-28-47)60(46-25-12-4-13-26-46)62-56-36-35-51(40-55(56)41-57(65-62)45-23-10-3-11-24-45)50-31-17-33-53(38-50)59-42-58(52-32-16-29-48(37-52)43-19-6-1-7-20-43)66-63(67-59)54-34-18-30-49(39-54)44-21-8-2-9-22-44/h1-42,64-65H/b62-60-,64-61?. The molecule has 0 unspecified atom stereocenters. The van der Waals surface area contributed by atoms with E-state index in [1.54, 1.807) is 0 Å². The summed E-state index contributed by atoms with van der Waals surface area (Å²) in [4.78, 5) is 10.6. The lowest BCUT2D eigenvalue weighted by molar-refractivity contribution is 1.18. The van der Waals surface area contributed by atoms with Gasteiger partial charge in [0.1, 0.15) is 0 Å². The van der Waals surface area contributed by atoms with Crippen molar-refractivity contribution in [1.29, 1.82) is 5.41 Å². The van der Waals surface area contributed by atoms with E-state index in [4.69, 9.17) is 9.97 Å². The number of nitrogens with zero attached hydrogens (tertiary/aromatic N) is 2. The molecule has 1 aliphatic rings. The fraction of sp³-hybridized carbons (Fsp3) is 0. The molecule has 4 nitrogen and oxygen atoms in total. The van der Waals surface area contributed by atoms with Crippen molar-refractivity contribution in [3.8, 4) is 67.3 Å². The van der Waals surface area contributed by atoms with Gasteiger partial charge in [-0.2, -0.15) is 0 Å². The van der Waals surface area contributed by atoms with E-state index in [1.807, 2.05) is 66.7 Å². The number of allylic oxidation sites excluding steroid dienone is 1. The fourth-order valence-electron chi connectivity index (χ4n) is 8.91. The number of benzene rings is 9. The quantitative estimate of drug-likeness (QED) is 0.135. The Morgan fingerprint density at radius 1 is 0.343 bits per heavy atom. The third-order valence-electron chi connectivity index (χ3n) is 12.3. The number of hydrogen-bond donors (Lipinski definition) is 2. The maximum Gasteiger partial charge on any atom is 0.160 e. The maximum atomic E-state index is 9.67. The molecular formula is C63H44N4. The van der Waals surface area contributed by atoms with Crippen molar-refractivity contribution in [3.05, 3.63) is 277 Å².